The zero-order chi connectivity index (χ0) is 14.2. The van der Waals surface area contributed by atoms with Crippen LogP contribution in [-0.2, 0) is 11.3 Å². The van der Waals surface area contributed by atoms with Crippen molar-refractivity contribution < 1.29 is 4.79 Å². The van der Waals surface area contributed by atoms with Gasteiger partial charge in [-0.25, -0.2) is 0 Å². The predicted molar refractivity (Wildman–Crippen MR) is 77.3 cm³/mol. The summed E-state index contributed by atoms with van der Waals surface area (Å²) in [5.74, 6) is 1.46. The van der Waals surface area contributed by atoms with Crippen LogP contribution in [0.3, 0.4) is 0 Å². The molecule has 0 spiro atoms. The molecule has 0 atom stereocenters. The van der Waals surface area contributed by atoms with Gasteiger partial charge < -0.3 is 5.32 Å². The third-order valence-corrected chi connectivity index (χ3v) is 3.49. The maximum absolute atomic E-state index is 12.1. The summed E-state index contributed by atoms with van der Waals surface area (Å²) in [5, 5.41) is 7.56. The molecular formula is C15H25N3O. The summed E-state index contributed by atoms with van der Waals surface area (Å²) in [5.41, 5.74) is 2.46. The molecule has 0 saturated heterocycles. The van der Waals surface area contributed by atoms with Crippen LogP contribution in [0.25, 0.3) is 0 Å². The highest BCUT2D eigenvalue weighted by Crippen LogP contribution is 2.45. The molecule has 0 bridgehead atoms. The highest BCUT2D eigenvalue weighted by molar-refractivity contribution is 5.91. The van der Waals surface area contributed by atoms with Gasteiger partial charge >= 0.3 is 0 Å². The standard InChI is InChI=1S/C15H25N3O/c1-6-18-10(2)13(11-7-8-11)14(17-18)16-12(19)9-15(3,4)5/h11H,6-9H2,1-5H3,(H,16,17,19). The molecular weight excluding hydrogens is 238 g/mol. The normalized spacial score (nSPS) is 15.6. The van der Waals surface area contributed by atoms with Gasteiger partial charge in [0.15, 0.2) is 5.82 Å². The van der Waals surface area contributed by atoms with Gasteiger partial charge in [0.05, 0.1) is 0 Å². The van der Waals surface area contributed by atoms with E-state index in [1.807, 2.05) is 4.68 Å². The minimum Gasteiger partial charge on any atom is -0.309 e. The third kappa shape index (κ3) is 3.37. The Kier molecular flexibility index (Phi) is 3.70. The zero-order valence-electron chi connectivity index (χ0n) is 12.7. The molecule has 1 aromatic rings. The summed E-state index contributed by atoms with van der Waals surface area (Å²) in [4.78, 5) is 12.1. The number of hydrogen-bond donors (Lipinski definition) is 1. The van der Waals surface area contributed by atoms with E-state index < -0.39 is 0 Å². The van der Waals surface area contributed by atoms with Gasteiger partial charge in [-0.1, -0.05) is 20.8 Å². The van der Waals surface area contributed by atoms with Crippen LogP contribution in [0.2, 0.25) is 0 Å². The lowest BCUT2D eigenvalue weighted by atomic mass is 9.92. The van der Waals surface area contributed by atoms with Gasteiger partial charge in [-0.2, -0.15) is 5.10 Å². The molecule has 0 radical (unpaired) electrons. The number of aryl methyl sites for hydroxylation is 1. The number of nitrogens with zero attached hydrogens (tertiary/aromatic N) is 2. The van der Waals surface area contributed by atoms with E-state index in [9.17, 15) is 4.79 Å². The minimum absolute atomic E-state index is 0.00614. The Hall–Kier alpha value is -1.32. The van der Waals surface area contributed by atoms with Crippen LogP contribution in [0.4, 0.5) is 5.82 Å². The van der Waals surface area contributed by atoms with Crippen molar-refractivity contribution in [2.75, 3.05) is 5.32 Å². The first-order chi connectivity index (χ1) is 8.81. The summed E-state index contributed by atoms with van der Waals surface area (Å²) < 4.78 is 1.99. The first-order valence-electron chi connectivity index (χ1n) is 7.19. The topological polar surface area (TPSA) is 46.9 Å². The number of hydrogen-bond acceptors (Lipinski definition) is 2. The summed E-state index contributed by atoms with van der Waals surface area (Å²) in [6, 6.07) is 0. The lowest BCUT2D eigenvalue weighted by Gasteiger charge is -2.17. The molecule has 2 rings (SSSR count). The zero-order valence-corrected chi connectivity index (χ0v) is 12.7. The van der Waals surface area contributed by atoms with E-state index in [0.717, 1.165) is 12.4 Å². The molecule has 1 saturated carbocycles. The van der Waals surface area contributed by atoms with Gasteiger partial charge in [-0.15, -0.1) is 0 Å². The molecule has 1 amide bonds. The van der Waals surface area contributed by atoms with Crippen molar-refractivity contribution in [3.05, 3.63) is 11.3 Å². The lowest BCUT2D eigenvalue weighted by Crippen LogP contribution is -2.20. The van der Waals surface area contributed by atoms with Crippen LogP contribution in [0, 0.1) is 12.3 Å². The van der Waals surface area contributed by atoms with Gasteiger partial charge in [0.1, 0.15) is 0 Å². The molecule has 0 unspecified atom stereocenters. The fraction of sp³-hybridized carbons (Fsp3) is 0.733. The molecule has 0 aliphatic heterocycles. The molecule has 1 aliphatic carbocycles. The van der Waals surface area contributed by atoms with E-state index in [0.29, 0.717) is 12.3 Å². The van der Waals surface area contributed by atoms with E-state index in [4.69, 9.17) is 0 Å². The lowest BCUT2D eigenvalue weighted by molar-refractivity contribution is -0.117. The molecule has 1 aliphatic rings. The summed E-state index contributed by atoms with van der Waals surface area (Å²) in [6.45, 7) is 11.3. The summed E-state index contributed by atoms with van der Waals surface area (Å²) >= 11 is 0. The number of aromatic nitrogens is 2. The summed E-state index contributed by atoms with van der Waals surface area (Å²) in [7, 11) is 0. The Morgan fingerprint density at radius 3 is 2.53 bits per heavy atom. The Labute approximate surface area is 115 Å². The van der Waals surface area contributed by atoms with E-state index in [2.05, 4.69) is 45.0 Å². The van der Waals surface area contributed by atoms with Crippen molar-refractivity contribution in [3.8, 4) is 0 Å². The molecule has 1 heterocycles. The van der Waals surface area contributed by atoms with Crippen molar-refractivity contribution in [1.29, 1.82) is 0 Å². The van der Waals surface area contributed by atoms with E-state index in [1.165, 1.54) is 24.1 Å². The van der Waals surface area contributed by atoms with Crippen LogP contribution in [0.15, 0.2) is 0 Å². The molecule has 1 N–H and O–H groups in total. The number of anilines is 1. The molecule has 1 aromatic heterocycles. The Balaban J connectivity index is 2.18. The second-order valence-corrected chi connectivity index (χ2v) is 6.72. The first kappa shape index (κ1) is 14.1. The number of nitrogens with one attached hydrogen (secondary N) is 1. The van der Waals surface area contributed by atoms with Gasteiger partial charge in [0.25, 0.3) is 0 Å². The van der Waals surface area contributed by atoms with Crippen LogP contribution < -0.4 is 5.32 Å². The largest absolute Gasteiger partial charge is 0.309 e. The number of carbonyl (C=O) groups is 1. The van der Waals surface area contributed by atoms with Gasteiger partial charge in [-0.3, -0.25) is 9.48 Å². The SMILES string of the molecule is CCn1nc(NC(=O)CC(C)(C)C)c(C2CC2)c1C. The number of amides is 1. The van der Waals surface area contributed by atoms with E-state index in [1.54, 1.807) is 0 Å². The maximum Gasteiger partial charge on any atom is 0.226 e. The van der Waals surface area contributed by atoms with Crippen molar-refractivity contribution in [2.45, 2.75) is 66.3 Å². The molecule has 4 nitrogen and oxygen atoms in total. The fourth-order valence-corrected chi connectivity index (χ4v) is 2.48. The Morgan fingerprint density at radius 2 is 2.05 bits per heavy atom. The van der Waals surface area contributed by atoms with Gasteiger partial charge in [0.2, 0.25) is 5.91 Å². The van der Waals surface area contributed by atoms with Crippen LogP contribution in [-0.4, -0.2) is 15.7 Å². The smallest absolute Gasteiger partial charge is 0.226 e. The van der Waals surface area contributed by atoms with Crippen LogP contribution in [0.5, 0.6) is 0 Å². The van der Waals surface area contributed by atoms with Crippen molar-refractivity contribution in [3.63, 3.8) is 0 Å². The minimum atomic E-state index is 0.00614. The number of carbonyl (C=O) groups excluding carboxylic acids is 1. The highest BCUT2D eigenvalue weighted by atomic mass is 16.1. The van der Waals surface area contributed by atoms with Gasteiger partial charge in [-0.05, 0) is 38.0 Å². The van der Waals surface area contributed by atoms with E-state index in [-0.39, 0.29) is 11.3 Å². The molecule has 1 fully saturated rings. The fourth-order valence-electron chi connectivity index (χ4n) is 2.48. The second kappa shape index (κ2) is 4.99. The molecule has 0 aromatic carbocycles. The molecule has 4 heteroatoms. The maximum atomic E-state index is 12.1. The number of rotatable bonds is 4. The summed E-state index contributed by atoms with van der Waals surface area (Å²) in [6.07, 6.45) is 2.96. The highest BCUT2D eigenvalue weighted by Gasteiger charge is 2.31. The van der Waals surface area contributed by atoms with Crippen molar-refractivity contribution >= 4 is 11.7 Å². The van der Waals surface area contributed by atoms with Crippen molar-refractivity contribution in [1.82, 2.24) is 9.78 Å². The second-order valence-electron chi connectivity index (χ2n) is 6.72. The average molecular weight is 263 g/mol. The van der Waals surface area contributed by atoms with Crippen LogP contribution in [0.1, 0.15) is 64.1 Å². The first-order valence-corrected chi connectivity index (χ1v) is 7.19. The molecule has 19 heavy (non-hydrogen) atoms. The third-order valence-electron chi connectivity index (χ3n) is 3.49. The monoisotopic (exact) mass is 263 g/mol. The molecule has 106 valence electrons. The van der Waals surface area contributed by atoms with E-state index >= 15 is 0 Å². The Bertz CT molecular complexity index is 478. The predicted octanol–water partition coefficient (Wildman–Crippen LogP) is 3.46. The van der Waals surface area contributed by atoms with Crippen LogP contribution >= 0.6 is 0 Å². The Morgan fingerprint density at radius 1 is 1.42 bits per heavy atom. The van der Waals surface area contributed by atoms with Gasteiger partial charge in [0, 0.05) is 24.2 Å². The average Bonchev–Trinajstić information content (AvgIpc) is 3.02. The quantitative estimate of drug-likeness (QED) is 0.904. The van der Waals surface area contributed by atoms with Crippen molar-refractivity contribution in [2.24, 2.45) is 5.41 Å².